The summed E-state index contributed by atoms with van der Waals surface area (Å²) in [6.07, 6.45) is 0.173. The summed E-state index contributed by atoms with van der Waals surface area (Å²) in [5.74, 6) is -0.293. The molecule has 202 valence electrons. The van der Waals surface area contributed by atoms with Gasteiger partial charge in [-0.3, -0.25) is 18.7 Å². The third-order valence-electron chi connectivity index (χ3n) is 6.30. The maximum atomic E-state index is 13.2. The maximum absolute atomic E-state index is 13.2. The molecule has 1 unspecified atom stereocenters. The first kappa shape index (κ1) is 29.3. The zero-order valence-electron chi connectivity index (χ0n) is 22.2. The molecule has 1 aromatic heterocycles. The molecule has 1 atom stereocenters. The SMILES string of the molecule is CCSc1cccc(Cl)c1C(=O)NC(Cc1ccc(-c2c(C)n(CC)c(=O)n(CC)c2=O)cc1)C(=O)OC. The molecule has 0 aliphatic heterocycles. The number of nitrogens with one attached hydrogen (secondary N) is 1. The van der Waals surface area contributed by atoms with E-state index in [4.69, 9.17) is 16.3 Å². The van der Waals surface area contributed by atoms with Gasteiger partial charge in [0.2, 0.25) is 0 Å². The topological polar surface area (TPSA) is 99.4 Å². The standard InChI is InChI=1S/C28H32ClN3O5S/c1-6-31-17(4)23(26(34)32(7-2)28(31)36)19-14-12-18(13-15-19)16-21(27(35)37-5)30-25(33)24-20(29)10-9-11-22(24)38-8-3/h9-15,21H,6-8,16H2,1-5H3,(H,30,33). The highest BCUT2D eigenvalue weighted by Crippen LogP contribution is 2.28. The molecule has 1 amide bonds. The van der Waals surface area contributed by atoms with Gasteiger partial charge in [0.15, 0.2) is 0 Å². The highest BCUT2D eigenvalue weighted by molar-refractivity contribution is 7.99. The Kier molecular flexibility index (Phi) is 9.99. The van der Waals surface area contributed by atoms with Crippen molar-refractivity contribution in [2.45, 2.75) is 58.1 Å². The second-order valence-corrected chi connectivity index (χ2v) is 10.2. The van der Waals surface area contributed by atoms with E-state index in [-0.39, 0.29) is 24.2 Å². The van der Waals surface area contributed by atoms with Crippen molar-refractivity contribution in [3.8, 4) is 11.1 Å². The summed E-state index contributed by atoms with van der Waals surface area (Å²) in [6.45, 7) is 8.08. The van der Waals surface area contributed by atoms with E-state index in [0.29, 0.717) is 34.0 Å². The fourth-order valence-electron chi connectivity index (χ4n) is 4.39. The Morgan fingerprint density at radius 3 is 2.26 bits per heavy atom. The van der Waals surface area contributed by atoms with E-state index in [1.54, 1.807) is 54.8 Å². The summed E-state index contributed by atoms with van der Waals surface area (Å²) < 4.78 is 7.75. The lowest BCUT2D eigenvalue weighted by Crippen LogP contribution is -2.43. The number of benzene rings is 2. The quantitative estimate of drug-likeness (QED) is 0.295. The predicted molar refractivity (Wildman–Crippen MR) is 151 cm³/mol. The predicted octanol–water partition coefficient (Wildman–Crippen LogP) is 4.30. The number of aromatic nitrogens is 2. The summed E-state index contributed by atoms with van der Waals surface area (Å²) in [4.78, 5) is 52.2. The third kappa shape index (κ3) is 6.05. The zero-order valence-corrected chi connectivity index (χ0v) is 23.7. The number of halogens is 1. The molecule has 38 heavy (non-hydrogen) atoms. The molecule has 1 N–H and O–H groups in total. The van der Waals surface area contributed by atoms with E-state index in [2.05, 4.69) is 5.32 Å². The number of thioether (sulfide) groups is 1. The Bertz CT molecular complexity index is 1450. The van der Waals surface area contributed by atoms with Crippen molar-refractivity contribution in [1.82, 2.24) is 14.5 Å². The van der Waals surface area contributed by atoms with Gasteiger partial charge < -0.3 is 10.1 Å². The second-order valence-electron chi connectivity index (χ2n) is 8.53. The lowest BCUT2D eigenvalue weighted by atomic mass is 10.00. The van der Waals surface area contributed by atoms with Crippen LogP contribution in [0.4, 0.5) is 0 Å². The lowest BCUT2D eigenvalue weighted by Gasteiger charge is -2.19. The molecule has 1 heterocycles. The van der Waals surface area contributed by atoms with Crippen molar-refractivity contribution in [1.29, 1.82) is 0 Å². The molecule has 0 bridgehead atoms. The van der Waals surface area contributed by atoms with E-state index >= 15 is 0 Å². The Hall–Kier alpha value is -3.30. The molecule has 3 rings (SSSR count). The molecule has 0 saturated heterocycles. The van der Waals surface area contributed by atoms with Gasteiger partial charge in [-0.15, -0.1) is 11.8 Å². The number of hydrogen-bond donors (Lipinski definition) is 1. The average Bonchev–Trinajstić information content (AvgIpc) is 2.89. The van der Waals surface area contributed by atoms with Crippen LogP contribution >= 0.6 is 23.4 Å². The average molecular weight is 558 g/mol. The Morgan fingerprint density at radius 1 is 1.03 bits per heavy atom. The van der Waals surface area contributed by atoms with Crippen molar-refractivity contribution in [3.63, 3.8) is 0 Å². The number of methoxy groups -OCH3 is 1. The molecule has 3 aromatic rings. The minimum Gasteiger partial charge on any atom is -0.467 e. The lowest BCUT2D eigenvalue weighted by molar-refractivity contribution is -0.142. The van der Waals surface area contributed by atoms with Crippen LogP contribution in [-0.4, -0.2) is 39.9 Å². The van der Waals surface area contributed by atoms with Gasteiger partial charge in [0, 0.05) is 30.1 Å². The van der Waals surface area contributed by atoms with Gasteiger partial charge in [0.1, 0.15) is 6.04 Å². The number of ether oxygens (including phenoxy) is 1. The number of amides is 1. The van der Waals surface area contributed by atoms with Crippen LogP contribution in [0.3, 0.4) is 0 Å². The largest absolute Gasteiger partial charge is 0.467 e. The molecule has 0 radical (unpaired) electrons. The molecule has 0 fully saturated rings. The highest BCUT2D eigenvalue weighted by Gasteiger charge is 2.25. The number of rotatable bonds is 10. The van der Waals surface area contributed by atoms with Crippen LogP contribution in [0.2, 0.25) is 5.02 Å². The first-order valence-corrected chi connectivity index (χ1v) is 13.8. The smallest absolute Gasteiger partial charge is 0.331 e. The summed E-state index contributed by atoms with van der Waals surface area (Å²) in [5.41, 5.74) is 2.12. The molecule has 0 aliphatic rings. The maximum Gasteiger partial charge on any atom is 0.331 e. The number of hydrogen-bond acceptors (Lipinski definition) is 6. The van der Waals surface area contributed by atoms with Crippen LogP contribution in [0.5, 0.6) is 0 Å². The van der Waals surface area contributed by atoms with Gasteiger partial charge in [-0.25, -0.2) is 9.59 Å². The van der Waals surface area contributed by atoms with Gasteiger partial charge in [0.25, 0.3) is 11.5 Å². The van der Waals surface area contributed by atoms with Crippen LogP contribution in [0.1, 0.15) is 42.4 Å². The van der Waals surface area contributed by atoms with E-state index < -0.39 is 17.9 Å². The van der Waals surface area contributed by atoms with E-state index in [0.717, 1.165) is 16.2 Å². The highest BCUT2D eigenvalue weighted by atomic mass is 35.5. The number of nitrogens with zero attached hydrogens (tertiary/aromatic N) is 2. The summed E-state index contributed by atoms with van der Waals surface area (Å²) in [6, 6.07) is 11.4. The molecule has 2 aromatic carbocycles. The summed E-state index contributed by atoms with van der Waals surface area (Å²) in [7, 11) is 1.27. The molecular formula is C28H32ClN3O5S. The first-order valence-electron chi connectivity index (χ1n) is 12.4. The summed E-state index contributed by atoms with van der Waals surface area (Å²) >= 11 is 7.82. The molecule has 0 spiro atoms. The minimum atomic E-state index is -0.949. The van der Waals surface area contributed by atoms with Crippen LogP contribution in [0.15, 0.2) is 56.9 Å². The monoisotopic (exact) mass is 557 g/mol. The molecular weight excluding hydrogens is 526 g/mol. The Balaban J connectivity index is 1.92. The van der Waals surface area contributed by atoms with E-state index in [9.17, 15) is 19.2 Å². The number of carbonyl (C=O) groups excluding carboxylic acids is 2. The fraction of sp³-hybridized carbons (Fsp3) is 0.357. The van der Waals surface area contributed by atoms with Crippen molar-refractivity contribution in [3.05, 3.63) is 85.1 Å². The van der Waals surface area contributed by atoms with Crippen LogP contribution < -0.4 is 16.6 Å². The number of esters is 1. The number of carbonyl (C=O) groups is 2. The van der Waals surface area contributed by atoms with Crippen LogP contribution in [-0.2, 0) is 29.0 Å². The van der Waals surface area contributed by atoms with Crippen molar-refractivity contribution in [2.75, 3.05) is 12.9 Å². The van der Waals surface area contributed by atoms with Gasteiger partial charge in [-0.2, -0.15) is 0 Å². The van der Waals surface area contributed by atoms with Crippen LogP contribution in [0.25, 0.3) is 11.1 Å². The van der Waals surface area contributed by atoms with Crippen molar-refractivity contribution in [2.24, 2.45) is 0 Å². The van der Waals surface area contributed by atoms with Crippen molar-refractivity contribution < 1.29 is 14.3 Å². The second kappa shape index (κ2) is 13.0. The molecule has 0 saturated carbocycles. The normalized spacial score (nSPS) is 11.7. The molecule has 8 nitrogen and oxygen atoms in total. The zero-order chi connectivity index (χ0) is 28.0. The molecule has 10 heteroatoms. The van der Waals surface area contributed by atoms with Gasteiger partial charge in [0.05, 0.1) is 23.3 Å². The van der Waals surface area contributed by atoms with Gasteiger partial charge in [-0.1, -0.05) is 48.9 Å². The minimum absolute atomic E-state index is 0.173. The van der Waals surface area contributed by atoms with E-state index in [1.807, 2.05) is 19.9 Å². The van der Waals surface area contributed by atoms with Crippen LogP contribution in [0, 0.1) is 6.92 Å². The van der Waals surface area contributed by atoms with E-state index in [1.165, 1.54) is 23.4 Å². The summed E-state index contributed by atoms with van der Waals surface area (Å²) in [5, 5.41) is 3.07. The third-order valence-corrected chi connectivity index (χ3v) is 7.55. The molecule has 0 aliphatic carbocycles. The van der Waals surface area contributed by atoms with Crippen molar-refractivity contribution >= 4 is 35.2 Å². The Labute approximate surface area is 231 Å². The first-order chi connectivity index (χ1) is 18.2. The van der Waals surface area contributed by atoms with Gasteiger partial charge in [-0.05, 0) is 49.8 Å². The van der Waals surface area contributed by atoms with Gasteiger partial charge >= 0.3 is 11.7 Å². The fourth-order valence-corrected chi connectivity index (χ4v) is 5.54. The Morgan fingerprint density at radius 2 is 1.68 bits per heavy atom.